The number of piperidine rings is 1. The van der Waals surface area contributed by atoms with E-state index in [9.17, 15) is 18.0 Å². The minimum Gasteiger partial charge on any atom is -0.497 e. The van der Waals surface area contributed by atoms with Gasteiger partial charge in [-0.25, -0.2) is 12.7 Å². The molecule has 8 nitrogen and oxygen atoms in total. The summed E-state index contributed by atoms with van der Waals surface area (Å²) in [5.41, 5.74) is 0.872. The second kappa shape index (κ2) is 9.88. The summed E-state index contributed by atoms with van der Waals surface area (Å²) in [6.07, 6.45) is 1.44. The molecule has 2 rings (SSSR count). The van der Waals surface area contributed by atoms with Gasteiger partial charge in [0.25, 0.3) is 0 Å². The van der Waals surface area contributed by atoms with E-state index in [1.54, 1.807) is 14.0 Å². The Kier molecular flexibility index (Phi) is 7.82. The summed E-state index contributed by atoms with van der Waals surface area (Å²) in [7, 11) is -1.63. The Morgan fingerprint density at radius 2 is 1.96 bits per heavy atom. The number of amides is 2. The van der Waals surface area contributed by atoms with E-state index in [0.717, 1.165) is 5.56 Å². The van der Waals surface area contributed by atoms with Gasteiger partial charge in [0.1, 0.15) is 11.8 Å². The molecule has 0 radical (unpaired) electrons. The van der Waals surface area contributed by atoms with Crippen molar-refractivity contribution in [1.29, 1.82) is 0 Å². The van der Waals surface area contributed by atoms with Crippen molar-refractivity contribution in [3.63, 3.8) is 0 Å². The number of sulfonamides is 1. The lowest BCUT2D eigenvalue weighted by atomic mass is 10.0. The maximum absolute atomic E-state index is 12.8. The molecule has 1 aliphatic rings. The first-order chi connectivity index (χ1) is 13.2. The molecule has 1 fully saturated rings. The van der Waals surface area contributed by atoms with Crippen LogP contribution in [-0.4, -0.2) is 62.6 Å². The van der Waals surface area contributed by atoms with Crippen molar-refractivity contribution in [3.8, 4) is 5.75 Å². The largest absolute Gasteiger partial charge is 0.497 e. The number of ether oxygens (including phenoxy) is 1. The van der Waals surface area contributed by atoms with Gasteiger partial charge in [-0.2, -0.15) is 0 Å². The lowest BCUT2D eigenvalue weighted by molar-refractivity contribution is -0.128. The average molecular weight is 412 g/mol. The second-order valence-corrected chi connectivity index (χ2v) is 9.15. The first-order valence-corrected chi connectivity index (χ1v) is 11.0. The van der Waals surface area contributed by atoms with E-state index >= 15 is 0 Å². The molecule has 0 aromatic heterocycles. The number of methoxy groups -OCH3 is 1. The van der Waals surface area contributed by atoms with Crippen LogP contribution >= 0.6 is 0 Å². The van der Waals surface area contributed by atoms with Gasteiger partial charge in [-0.05, 0) is 37.5 Å². The van der Waals surface area contributed by atoms with Crippen LogP contribution in [0.1, 0.15) is 32.3 Å². The van der Waals surface area contributed by atoms with Crippen molar-refractivity contribution >= 4 is 21.8 Å². The van der Waals surface area contributed by atoms with Gasteiger partial charge in [0.05, 0.1) is 12.9 Å². The highest BCUT2D eigenvalue weighted by Crippen LogP contribution is 2.16. The third kappa shape index (κ3) is 6.20. The van der Waals surface area contributed by atoms with E-state index in [4.69, 9.17) is 4.74 Å². The molecule has 9 heteroatoms. The van der Waals surface area contributed by atoms with E-state index in [1.165, 1.54) is 11.2 Å². The SMILES string of the molecule is CCS(=O)(=O)N1CCC(NC(=O)C(Cc2cccc(OC)c2)NC(C)=O)CC1. The van der Waals surface area contributed by atoms with E-state index < -0.39 is 16.1 Å². The summed E-state index contributed by atoms with van der Waals surface area (Å²) in [6.45, 7) is 3.78. The van der Waals surface area contributed by atoms with Crippen molar-refractivity contribution in [1.82, 2.24) is 14.9 Å². The number of hydrogen-bond donors (Lipinski definition) is 2. The molecule has 156 valence electrons. The molecule has 0 spiro atoms. The Hall–Kier alpha value is -2.13. The number of hydrogen-bond acceptors (Lipinski definition) is 5. The van der Waals surface area contributed by atoms with E-state index in [2.05, 4.69) is 10.6 Å². The zero-order valence-corrected chi connectivity index (χ0v) is 17.4. The number of rotatable bonds is 8. The lowest BCUT2D eigenvalue weighted by Gasteiger charge is -2.32. The molecule has 1 aromatic rings. The van der Waals surface area contributed by atoms with Crippen LogP contribution in [0.3, 0.4) is 0 Å². The van der Waals surface area contributed by atoms with Crippen LogP contribution in [0, 0.1) is 0 Å². The molecule has 0 bridgehead atoms. The molecule has 1 aliphatic heterocycles. The number of nitrogens with one attached hydrogen (secondary N) is 2. The molecule has 1 atom stereocenters. The van der Waals surface area contributed by atoms with Crippen molar-refractivity contribution in [3.05, 3.63) is 29.8 Å². The van der Waals surface area contributed by atoms with Gasteiger partial charge in [0.15, 0.2) is 0 Å². The van der Waals surface area contributed by atoms with Crippen LogP contribution < -0.4 is 15.4 Å². The summed E-state index contributed by atoms with van der Waals surface area (Å²) in [5.74, 6) is 0.209. The van der Waals surface area contributed by atoms with Gasteiger partial charge in [-0.1, -0.05) is 12.1 Å². The first-order valence-electron chi connectivity index (χ1n) is 9.43. The molecule has 1 unspecified atom stereocenters. The highest BCUT2D eigenvalue weighted by atomic mass is 32.2. The van der Waals surface area contributed by atoms with E-state index in [1.807, 2.05) is 24.3 Å². The third-order valence-electron chi connectivity index (χ3n) is 4.83. The molecule has 0 saturated carbocycles. The minimum absolute atomic E-state index is 0.0785. The Balaban J connectivity index is 1.98. The van der Waals surface area contributed by atoms with Crippen LogP contribution in [-0.2, 0) is 26.0 Å². The Morgan fingerprint density at radius 3 is 2.54 bits per heavy atom. The van der Waals surface area contributed by atoms with Gasteiger partial charge in [0.2, 0.25) is 21.8 Å². The number of nitrogens with zero attached hydrogens (tertiary/aromatic N) is 1. The fraction of sp³-hybridized carbons (Fsp3) is 0.579. The molecule has 28 heavy (non-hydrogen) atoms. The first kappa shape index (κ1) is 22.2. The third-order valence-corrected chi connectivity index (χ3v) is 6.71. The maximum atomic E-state index is 12.8. The van der Waals surface area contributed by atoms with Crippen LogP contribution in [0.4, 0.5) is 0 Å². The maximum Gasteiger partial charge on any atom is 0.243 e. The van der Waals surface area contributed by atoms with Crippen LogP contribution in [0.2, 0.25) is 0 Å². The predicted molar refractivity (Wildman–Crippen MR) is 107 cm³/mol. The van der Waals surface area contributed by atoms with Crippen molar-refractivity contribution in [2.24, 2.45) is 0 Å². The van der Waals surface area contributed by atoms with Gasteiger partial charge < -0.3 is 15.4 Å². The summed E-state index contributed by atoms with van der Waals surface area (Å²) in [5, 5.41) is 5.66. The Bertz CT molecular complexity index is 789. The zero-order chi connectivity index (χ0) is 20.7. The predicted octanol–water partition coefficient (Wildman–Crippen LogP) is 0.673. The summed E-state index contributed by atoms with van der Waals surface area (Å²) < 4.78 is 30.6. The highest BCUT2D eigenvalue weighted by Gasteiger charge is 2.29. The smallest absolute Gasteiger partial charge is 0.243 e. The second-order valence-electron chi connectivity index (χ2n) is 6.89. The van der Waals surface area contributed by atoms with Crippen molar-refractivity contribution in [2.45, 2.75) is 45.2 Å². The summed E-state index contributed by atoms with van der Waals surface area (Å²) in [4.78, 5) is 24.3. The highest BCUT2D eigenvalue weighted by molar-refractivity contribution is 7.89. The van der Waals surface area contributed by atoms with Crippen LogP contribution in [0.25, 0.3) is 0 Å². The number of benzene rings is 1. The molecule has 2 amide bonds. The molecule has 2 N–H and O–H groups in total. The van der Waals surface area contributed by atoms with Crippen molar-refractivity contribution in [2.75, 3.05) is 26.0 Å². The molecule has 1 saturated heterocycles. The lowest BCUT2D eigenvalue weighted by Crippen LogP contribution is -2.53. The van der Waals surface area contributed by atoms with Crippen LogP contribution in [0.15, 0.2) is 24.3 Å². The summed E-state index contributed by atoms with van der Waals surface area (Å²) >= 11 is 0. The van der Waals surface area contributed by atoms with E-state index in [0.29, 0.717) is 38.1 Å². The zero-order valence-electron chi connectivity index (χ0n) is 16.6. The number of carbonyl (C=O) groups excluding carboxylic acids is 2. The van der Waals surface area contributed by atoms with Gasteiger partial charge >= 0.3 is 0 Å². The fourth-order valence-electron chi connectivity index (χ4n) is 3.25. The normalized spacial score (nSPS) is 17.0. The molecule has 0 aliphatic carbocycles. The molecule has 1 aromatic carbocycles. The Labute approximate surface area is 166 Å². The molecule has 1 heterocycles. The monoisotopic (exact) mass is 411 g/mol. The topological polar surface area (TPSA) is 105 Å². The van der Waals surface area contributed by atoms with E-state index in [-0.39, 0.29) is 23.6 Å². The summed E-state index contributed by atoms with van der Waals surface area (Å²) in [6, 6.07) is 6.53. The molecular weight excluding hydrogens is 382 g/mol. The van der Waals surface area contributed by atoms with Gasteiger partial charge in [-0.15, -0.1) is 0 Å². The standard InChI is InChI=1S/C19H29N3O5S/c1-4-28(25,26)22-10-8-16(9-11-22)21-19(24)18(20-14(2)23)13-15-6-5-7-17(12-15)27-3/h5-7,12,16,18H,4,8-11,13H2,1-3H3,(H,20,23)(H,21,24). The average Bonchev–Trinajstić information content (AvgIpc) is 2.67. The van der Waals surface area contributed by atoms with Crippen molar-refractivity contribution < 1.29 is 22.7 Å². The Morgan fingerprint density at radius 1 is 1.29 bits per heavy atom. The van der Waals surface area contributed by atoms with Crippen LogP contribution in [0.5, 0.6) is 5.75 Å². The minimum atomic E-state index is -3.20. The van der Waals surface area contributed by atoms with Gasteiger partial charge in [0, 0.05) is 32.5 Å². The fourth-order valence-corrected chi connectivity index (χ4v) is 4.38. The van der Waals surface area contributed by atoms with Gasteiger partial charge in [-0.3, -0.25) is 9.59 Å². The molecular formula is C19H29N3O5S. The quantitative estimate of drug-likeness (QED) is 0.654. The number of carbonyl (C=O) groups is 2.